The van der Waals surface area contributed by atoms with Gasteiger partial charge in [0.2, 0.25) is 0 Å². The molecule has 0 unspecified atom stereocenters. The minimum absolute atomic E-state index is 0.00176. The minimum Gasteiger partial charge on any atom is -0.483 e. The van der Waals surface area contributed by atoms with Gasteiger partial charge in [0.05, 0.1) is 12.1 Å². The molecule has 0 radical (unpaired) electrons. The van der Waals surface area contributed by atoms with Crippen LogP contribution in [0.15, 0.2) is 60.7 Å². The van der Waals surface area contributed by atoms with Crippen molar-refractivity contribution in [2.75, 3.05) is 23.3 Å². The smallest absolute Gasteiger partial charge is 0.307 e. The number of hydrogen-bond acceptors (Lipinski definition) is 4. The molecule has 0 bridgehead atoms. The highest BCUT2D eigenvalue weighted by Crippen LogP contribution is 2.36. The first kappa shape index (κ1) is 24.5. The van der Waals surface area contributed by atoms with Crippen molar-refractivity contribution >= 4 is 23.0 Å². The second-order valence-electron chi connectivity index (χ2n) is 9.70. The van der Waals surface area contributed by atoms with E-state index in [4.69, 9.17) is 4.74 Å². The summed E-state index contributed by atoms with van der Waals surface area (Å²) in [5.41, 5.74) is 2.64. The number of anilines is 3. The predicted octanol–water partition coefficient (Wildman–Crippen LogP) is 6.54. The first-order valence-corrected chi connectivity index (χ1v) is 11.7. The Labute approximate surface area is 204 Å². The van der Waals surface area contributed by atoms with Crippen LogP contribution < -0.4 is 15.0 Å². The van der Waals surface area contributed by atoms with Gasteiger partial charge in [0, 0.05) is 24.5 Å². The van der Waals surface area contributed by atoms with Gasteiger partial charge in [-0.05, 0) is 59.7 Å². The van der Waals surface area contributed by atoms with Crippen LogP contribution in [0.1, 0.15) is 37.8 Å². The van der Waals surface area contributed by atoms with Crippen LogP contribution >= 0.6 is 0 Å². The van der Waals surface area contributed by atoms with Gasteiger partial charge in [-0.1, -0.05) is 44.2 Å². The molecule has 1 saturated heterocycles. The van der Waals surface area contributed by atoms with Gasteiger partial charge in [0.15, 0.2) is 17.4 Å². The number of hydrogen-bond donors (Lipinski definition) is 2. The zero-order valence-corrected chi connectivity index (χ0v) is 20.0. The van der Waals surface area contributed by atoms with Crippen LogP contribution in [0.25, 0.3) is 0 Å². The maximum absolute atomic E-state index is 15.4. The van der Waals surface area contributed by atoms with Crippen LogP contribution in [0.4, 0.5) is 25.8 Å². The number of aliphatic carboxylic acids is 1. The molecule has 2 N–H and O–H groups in total. The van der Waals surface area contributed by atoms with Gasteiger partial charge in [-0.3, -0.25) is 4.79 Å². The first-order chi connectivity index (χ1) is 16.7. The fourth-order valence-corrected chi connectivity index (χ4v) is 4.22. The largest absolute Gasteiger partial charge is 0.483 e. The van der Waals surface area contributed by atoms with Crippen molar-refractivity contribution < 1.29 is 23.4 Å². The number of halogens is 2. The van der Waals surface area contributed by atoms with Crippen molar-refractivity contribution in [2.45, 2.75) is 39.7 Å². The van der Waals surface area contributed by atoms with E-state index < -0.39 is 29.8 Å². The Hall–Kier alpha value is -3.61. The molecule has 0 atom stereocenters. The molecule has 1 aliphatic rings. The molecule has 0 aliphatic carbocycles. The number of ether oxygens (including phenoxy) is 1. The molecule has 7 heteroatoms. The molecule has 0 spiro atoms. The number of piperidine rings is 1. The monoisotopic (exact) mass is 480 g/mol. The van der Waals surface area contributed by atoms with Crippen LogP contribution in [0.3, 0.4) is 0 Å². The summed E-state index contributed by atoms with van der Waals surface area (Å²) in [5.74, 6) is -3.63. The molecule has 5 nitrogen and oxygen atoms in total. The van der Waals surface area contributed by atoms with Gasteiger partial charge < -0.3 is 20.1 Å². The first-order valence-electron chi connectivity index (χ1n) is 11.7. The Bertz CT molecular complexity index is 1170. The maximum atomic E-state index is 15.4. The summed E-state index contributed by atoms with van der Waals surface area (Å²) in [5, 5.41) is 12.2. The molecule has 3 aromatic carbocycles. The second-order valence-corrected chi connectivity index (χ2v) is 9.70. The van der Waals surface area contributed by atoms with Gasteiger partial charge in [-0.2, -0.15) is 0 Å². The van der Waals surface area contributed by atoms with Gasteiger partial charge >= 0.3 is 5.97 Å². The molecule has 1 heterocycles. The lowest BCUT2D eigenvalue weighted by Crippen LogP contribution is -2.37. The Kier molecular flexibility index (Phi) is 7.24. The molecule has 0 amide bonds. The fraction of sp³-hybridized carbons (Fsp3) is 0.321. The lowest BCUT2D eigenvalue weighted by atomic mass is 9.82. The van der Waals surface area contributed by atoms with Crippen molar-refractivity contribution in [2.24, 2.45) is 5.41 Å². The standard InChI is InChI=1S/C28H30F2N2O3/c1-28(2)12-14-32(15-13-28)22-10-8-21(9-11-22)31-26-20(17-24(33)34)16-23(29)27(25(26)30)35-18-19-6-4-3-5-7-19/h3-11,16,31H,12-15,17-18H2,1-2H3,(H,33,34). The minimum atomic E-state index is -1.19. The van der Waals surface area contributed by atoms with Crippen molar-refractivity contribution in [3.05, 3.63) is 83.4 Å². The summed E-state index contributed by atoms with van der Waals surface area (Å²) in [6, 6.07) is 17.6. The highest BCUT2D eigenvalue weighted by Gasteiger charge is 2.26. The van der Waals surface area contributed by atoms with Crippen molar-refractivity contribution in [3.63, 3.8) is 0 Å². The topological polar surface area (TPSA) is 61.8 Å². The molecule has 184 valence electrons. The summed E-state index contributed by atoms with van der Waals surface area (Å²) in [6.07, 6.45) is 1.69. The summed E-state index contributed by atoms with van der Waals surface area (Å²) in [6.45, 7) is 6.48. The number of carboxylic acid groups (broad SMARTS) is 1. The summed E-state index contributed by atoms with van der Waals surface area (Å²) < 4.78 is 35.6. The zero-order chi connectivity index (χ0) is 25.0. The van der Waals surface area contributed by atoms with Crippen molar-refractivity contribution in [3.8, 4) is 5.75 Å². The Balaban J connectivity index is 1.56. The number of carbonyl (C=O) groups is 1. The Morgan fingerprint density at radius 2 is 1.71 bits per heavy atom. The van der Waals surface area contributed by atoms with E-state index >= 15 is 4.39 Å². The van der Waals surface area contributed by atoms with E-state index in [-0.39, 0.29) is 17.9 Å². The highest BCUT2D eigenvalue weighted by molar-refractivity contribution is 5.76. The number of nitrogens with one attached hydrogen (secondary N) is 1. The summed E-state index contributed by atoms with van der Waals surface area (Å²) >= 11 is 0. The van der Waals surface area contributed by atoms with E-state index in [1.54, 1.807) is 12.1 Å². The molecular formula is C28H30F2N2O3. The molecule has 35 heavy (non-hydrogen) atoms. The Morgan fingerprint density at radius 1 is 1.06 bits per heavy atom. The van der Waals surface area contributed by atoms with E-state index in [9.17, 15) is 14.3 Å². The molecule has 0 saturated carbocycles. The normalized spacial score (nSPS) is 15.0. The SMILES string of the molecule is CC1(C)CCN(c2ccc(Nc3c(CC(=O)O)cc(F)c(OCc4ccccc4)c3F)cc2)CC1. The van der Waals surface area contributed by atoms with E-state index in [0.717, 1.165) is 43.2 Å². The number of benzene rings is 3. The van der Waals surface area contributed by atoms with Crippen LogP contribution in [0.5, 0.6) is 5.75 Å². The number of nitrogens with zero attached hydrogens (tertiary/aromatic N) is 1. The molecular weight excluding hydrogens is 450 g/mol. The zero-order valence-electron chi connectivity index (χ0n) is 20.0. The van der Waals surface area contributed by atoms with Crippen LogP contribution in [-0.2, 0) is 17.8 Å². The number of rotatable bonds is 8. The fourth-order valence-electron chi connectivity index (χ4n) is 4.22. The van der Waals surface area contributed by atoms with E-state index in [1.165, 1.54) is 0 Å². The van der Waals surface area contributed by atoms with Crippen LogP contribution in [-0.4, -0.2) is 24.2 Å². The van der Waals surface area contributed by atoms with E-state index in [2.05, 4.69) is 24.1 Å². The Morgan fingerprint density at radius 3 is 2.34 bits per heavy atom. The van der Waals surface area contributed by atoms with E-state index in [1.807, 2.05) is 42.5 Å². The molecule has 3 aromatic rings. The van der Waals surface area contributed by atoms with Crippen LogP contribution in [0.2, 0.25) is 0 Å². The third-order valence-electron chi connectivity index (χ3n) is 6.44. The van der Waals surface area contributed by atoms with Gasteiger partial charge in [-0.15, -0.1) is 0 Å². The second kappa shape index (κ2) is 10.3. The van der Waals surface area contributed by atoms with E-state index in [0.29, 0.717) is 11.1 Å². The van der Waals surface area contributed by atoms with Gasteiger partial charge in [0.25, 0.3) is 0 Å². The molecule has 1 fully saturated rings. The van der Waals surface area contributed by atoms with Crippen molar-refractivity contribution in [1.82, 2.24) is 0 Å². The third kappa shape index (κ3) is 6.10. The lowest BCUT2D eigenvalue weighted by Gasteiger charge is -2.38. The van der Waals surface area contributed by atoms with Crippen LogP contribution in [0, 0.1) is 17.0 Å². The van der Waals surface area contributed by atoms with Crippen molar-refractivity contribution in [1.29, 1.82) is 0 Å². The summed E-state index contributed by atoms with van der Waals surface area (Å²) in [4.78, 5) is 13.7. The quantitative estimate of drug-likeness (QED) is 0.383. The number of carboxylic acids is 1. The van der Waals surface area contributed by atoms with Gasteiger partial charge in [0.1, 0.15) is 6.61 Å². The lowest BCUT2D eigenvalue weighted by molar-refractivity contribution is -0.136. The summed E-state index contributed by atoms with van der Waals surface area (Å²) in [7, 11) is 0. The molecule has 1 aliphatic heterocycles. The molecule has 0 aromatic heterocycles. The molecule has 4 rings (SSSR count). The average Bonchev–Trinajstić information content (AvgIpc) is 2.82. The highest BCUT2D eigenvalue weighted by atomic mass is 19.1. The third-order valence-corrected chi connectivity index (χ3v) is 6.44. The maximum Gasteiger partial charge on any atom is 0.307 e. The predicted molar refractivity (Wildman–Crippen MR) is 133 cm³/mol. The van der Waals surface area contributed by atoms with Gasteiger partial charge in [-0.25, -0.2) is 8.78 Å². The average molecular weight is 481 g/mol.